The first-order valence-electron chi connectivity index (χ1n) is 28.0. The number of hydrogen-bond donors (Lipinski definition) is 0. The summed E-state index contributed by atoms with van der Waals surface area (Å²) in [5, 5.41) is 12.8. The molecule has 0 saturated carbocycles. The molecule has 0 aromatic heterocycles. The van der Waals surface area contributed by atoms with Crippen molar-refractivity contribution in [3.8, 4) is 77.9 Å². The highest BCUT2D eigenvalue weighted by Gasteiger charge is 2.25. The van der Waals surface area contributed by atoms with Gasteiger partial charge in [-0.2, -0.15) is 0 Å². The second-order valence-electron chi connectivity index (χ2n) is 21.6. The summed E-state index contributed by atoms with van der Waals surface area (Å²) in [5.74, 6) is 0. The van der Waals surface area contributed by atoms with Gasteiger partial charge in [0.05, 0.1) is 0 Å². The molecule has 14 aromatic carbocycles. The summed E-state index contributed by atoms with van der Waals surface area (Å²) in [6, 6.07) is 107. The van der Waals surface area contributed by atoms with Crippen molar-refractivity contribution in [3.05, 3.63) is 303 Å². The van der Waals surface area contributed by atoms with Crippen molar-refractivity contribution < 1.29 is 9.13 Å². The molecule has 0 radical (unpaired) electrons. The molecule has 2 atom stereocenters. The minimum atomic E-state index is -2.96. The Kier molecular flexibility index (Phi) is 12.9. The van der Waals surface area contributed by atoms with Gasteiger partial charge in [0, 0.05) is 21.2 Å². The van der Waals surface area contributed by atoms with Crippen LogP contribution in [0.25, 0.3) is 121 Å². The summed E-state index contributed by atoms with van der Waals surface area (Å²) >= 11 is 0. The Labute approximate surface area is 479 Å². The van der Waals surface area contributed by atoms with Gasteiger partial charge >= 0.3 is 0 Å². The molecule has 2 nitrogen and oxygen atoms in total. The molecular formula is C78H56O2P2. The van der Waals surface area contributed by atoms with Crippen molar-refractivity contribution in [2.24, 2.45) is 0 Å². The molecule has 2 unspecified atom stereocenters. The largest absolute Gasteiger partial charge is 0.314 e. The van der Waals surface area contributed by atoms with Crippen LogP contribution < -0.4 is 21.2 Å². The summed E-state index contributed by atoms with van der Waals surface area (Å²) in [6.07, 6.45) is 0. The van der Waals surface area contributed by atoms with Crippen molar-refractivity contribution >= 4 is 78.6 Å². The van der Waals surface area contributed by atoms with E-state index in [4.69, 9.17) is 0 Å². The van der Waals surface area contributed by atoms with E-state index in [1.54, 1.807) is 0 Å². The highest BCUT2D eigenvalue weighted by atomic mass is 31.2. The highest BCUT2D eigenvalue weighted by Crippen LogP contribution is 2.48. The zero-order valence-corrected chi connectivity index (χ0v) is 47.4. The van der Waals surface area contributed by atoms with E-state index >= 15 is 0 Å². The number of hydrogen-bond acceptors (Lipinski definition) is 2. The van der Waals surface area contributed by atoms with Gasteiger partial charge < -0.3 is 9.13 Å². The van der Waals surface area contributed by atoms with Crippen molar-refractivity contribution in [2.45, 2.75) is 0 Å². The first kappa shape index (κ1) is 50.8. The fraction of sp³-hybridized carbons (Fsp3) is 0.0256. The SMILES string of the molecule is CP(=O)(c1ccc(-c2cccc(-c3ccc(-c4c5ccccc5c(-c5cccc(P(C)(=O)c6ccccc6)c5)c5ccccc45)cc3)c2)cc1)c1ccc(-c2c3ccccc3c(-c3ccc(-c4ccccc4)cc3)c3ccccc23)cc1. The predicted molar refractivity (Wildman–Crippen MR) is 353 cm³/mol. The van der Waals surface area contributed by atoms with Crippen LogP contribution in [0.1, 0.15) is 0 Å². The monoisotopic (exact) mass is 1090 g/mol. The van der Waals surface area contributed by atoms with E-state index in [1.165, 1.54) is 65.7 Å². The first-order valence-corrected chi connectivity index (χ1v) is 32.3. The Morgan fingerprint density at radius 2 is 0.415 bits per heavy atom. The van der Waals surface area contributed by atoms with Gasteiger partial charge in [0.15, 0.2) is 0 Å². The van der Waals surface area contributed by atoms with Crippen LogP contribution in [0.4, 0.5) is 0 Å². The minimum Gasteiger partial charge on any atom is -0.314 e. The Balaban J connectivity index is 0.736. The Morgan fingerprint density at radius 3 is 0.817 bits per heavy atom. The summed E-state index contributed by atoms with van der Waals surface area (Å²) in [6.45, 7) is 3.77. The molecule has 14 aromatic rings. The summed E-state index contributed by atoms with van der Waals surface area (Å²) in [5.41, 5.74) is 16.0. The quantitative estimate of drug-likeness (QED) is 0.0955. The maximum Gasteiger partial charge on any atom is 0.140 e. The lowest BCUT2D eigenvalue weighted by Gasteiger charge is -2.19. The van der Waals surface area contributed by atoms with Crippen molar-refractivity contribution in [1.82, 2.24) is 0 Å². The third-order valence-corrected chi connectivity index (χ3v) is 21.8. The molecule has 0 bridgehead atoms. The van der Waals surface area contributed by atoms with Crippen molar-refractivity contribution in [3.63, 3.8) is 0 Å². The lowest BCUT2D eigenvalue weighted by molar-refractivity contribution is 0.589. The van der Waals surface area contributed by atoms with Crippen LogP contribution in [0.15, 0.2) is 303 Å². The van der Waals surface area contributed by atoms with Gasteiger partial charge in [0.2, 0.25) is 0 Å². The van der Waals surface area contributed by atoms with Gasteiger partial charge in [-0.3, -0.25) is 0 Å². The molecule has 0 aliphatic carbocycles. The van der Waals surface area contributed by atoms with Gasteiger partial charge in [0.1, 0.15) is 14.3 Å². The van der Waals surface area contributed by atoms with Crippen LogP contribution in [0.5, 0.6) is 0 Å². The molecule has 0 spiro atoms. The molecule has 0 aliphatic heterocycles. The summed E-state index contributed by atoms with van der Waals surface area (Å²) in [4.78, 5) is 0. The van der Waals surface area contributed by atoms with Crippen LogP contribution in [-0.4, -0.2) is 13.3 Å². The van der Waals surface area contributed by atoms with E-state index in [9.17, 15) is 9.13 Å². The van der Waals surface area contributed by atoms with Gasteiger partial charge in [0.25, 0.3) is 0 Å². The Hall–Kier alpha value is -9.42. The van der Waals surface area contributed by atoms with Gasteiger partial charge in [-0.1, -0.05) is 291 Å². The third kappa shape index (κ3) is 9.03. The molecule has 0 saturated heterocycles. The van der Waals surface area contributed by atoms with E-state index in [1.807, 2.05) is 67.9 Å². The molecule has 82 heavy (non-hydrogen) atoms. The first-order chi connectivity index (χ1) is 40.2. The molecule has 0 heterocycles. The van der Waals surface area contributed by atoms with Crippen LogP contribution in [0.2, 0.25) is 0 Å². The predicted octanol–water partition coefficient (Wildman–Crippen LogP) is 19.9. The van der Waals surface area contributed by atoms with Crippen LogP contribution in [0, 0.1) is 0 Å². The van der Waals surface area contributed by atoms with Crippen LogP contribution in [-0.2, 0) is 9.13 Å². The standard InChI is InChI=1S/C78H56O2P2/c1-81(79,65-49-45-59(46-50-65)77-69-29-11-9-27-67(69)75(68-28-10-12-30-70(68)77)57-39-35-54(36-40-57)53-19-5-3-6-20-53)64-47-43-56(44-48-64)61-22-17-21-60(51-61)55-37-41-58(42-38-55)76-71-31-13-15-33-73(71)78(74-34-16-14-32-72(74)76)62-23-18-26-66(52-62)82(2,80)63-24-7-4-8-25-63/h3-52H,1-2H3. The summed E-state index contributed by atoms with van der Waals surface area (Å²) in [7, 11) is -5.79. The van der Waals surface area contributed by atoms with E-state index < -0.39 is 14.3 Å². The van der Waals surface area contributed by atoms with Gasteiger partial charge in [-0.05, 0) is 146 Å². The third-order valence-electron chi connectivity index (χ3n) is 16.7. The fourth-order valence-corrected chi connectivity index (χ4v) is 16.0. The average molecular weight is 1090 g/mol. The maximum atomic E-state index is 14.9. The van der Waals surface area contributed by atoms with E-state index in [0.717, 1.165) is 76.5 Å². The second kappa shape index (κ2) is 20.9. The molecule has 0 N–H and O–H groups in total. The highest BCUT2D eigenvalue weighted by molar-refractivity contribution is 7.78. The zero-order chi connectivity index (χ0) is 55.4. The lowest BCUT2D eigenvalue weighted by Crippen LogP contribution is -2.14. The molecule has 390 valence electrons. The van der Waals surface area contributed by atoms with E-state index in [2.05, 4.69) is 249 Å². The van der Waals surface area contributed by atoms with Gasteiger partial charge in [-0.25, -0.2) is 0 Å². The topological polar surface area (TPSA) is 34.1 Å². The molecule has 4 heteroatoms. The van der Waals surface area contributed by atoms with Crippen LogP contribution in [0.3, 0.4) is 0 Å². The smallest absolute Gasteiger partial charge is 0.140 e. The van der Waals surface area contributed by atoms with Crippen molar-refractivity contribution in [2.75, 3.05) is 13.3 Å². The molecular weight excluding hydrogens is 1030 g/mol. The molecule has 0 fully saturated rings. The Bertz CT molecular complexity index is 4720. The normalized spacial score (nSPS) is 13.0. The molecule has 0 amide bonds. The minimum absolute atomic E-state index is 0.825. The van der Waals surface area contributed by atoms with Gasteiger partial charge in [-0.15, -0.1) is 0 Å². The van der Waals surface area contributed by atoms with E-state index in [-0.39, 0.29) is 0 Å². The number of benzene rings is 14. The average Bonchev–Trinajstić information content (AvgIpc) is 2.56. The fourth-order valence-electron chi connectivity index (χ4n) is 12.5. The number of fused-ring (bicyclic) bond motifs is 4. The van der Waals surface area contributed by atoms with Crippen molar-refractivity contribution in [1.29, 1.82) is 0 Å². The van der Waals surface area contributed by atoms with Crippen LogP contribution >= 0.6 is 14.3 Å². The zero-order valence-electron chi connectivity index (χ0n) is 45.6. The second-order valence-corrected chi connectivity index (χ2v) is 27.4. The lowest BCUT2D eigenvalue weighted by atomic mass is 9.85. The molecule has 14 rings (SSSR count). The molecule has 0 aliphatic rings. The number of rotatable bonds is 11. The van der Waals surface area contributed by atoms with E-state index in [0.29, 0.717) is 0 Å². The summed E-state index contributed by atoms with van der Waals surface area (Å²) < 4.78 is 29.3. The maximum absolute atomic E-state index is 14.9. The Morgan fingerprint density at radius 1 is 0.183 bits per heavy atom.